The third kappa shape index (κ3) is 3.57. The first-order valence-electron chi connectivity index (χ1n) is 6.22. The number of hydrogen-bond acceptors (Lipinski definition) is 5. The minimum atomic E-state index is 0.568. The summed E-state index contributed by atoms with van der Waals surface area (Å²) in [5.41, 5.74) is 0.887. The summed E-state index contributed by atoms with van der Waals surface area (Å²) in [6.07, 6.45) is 4.74. The lowest BCUT2D eigenvalue weighted by molar-refractivity contribution is 0.286. The quantitative estimate of drug-likeness (QED) is 0.759. The SMILES string of the molecule is CCOc1cc(C=Nn2cnnc2)cc(Br)c1OCC. The van der Waals surface area contributed by atoms with Crippen molar-refractivity contribution in [1.82, 2.24) is 14.9 Å². The van der Waals surface area contributed by atoms with Crippen LogP contribution in [0.2, 0.25) is 0 Å². The maximum absolute atomic E-state index is 5.60. The van der Waals surface area contributed by atoms with E-state index < -0.39 is 0 Å². The summed E-state index contributed by atoms with van der Waals surface area (Å²) in [4.78, 5) is 0. The molecule has 0 aliphatic rings. The summed E-state index contributed by atoms with van der Waals surface area (Å²) in [6.45, 7) is 5.01. The van der Waals surface area contributed by atoms with Gasteiger partial charge in [-0.25, -0.2) is 4.68 Å². The van der Waals surface area contributed by atoms with Crippen LogP contribution in [0.25, 0.3) is 0 Å². The first-order chi connectivity index (χ1) is 9.74. The number of rotatable bonds is 6. The second kappa shape index (κ2) is 7.04. The van der Waals surface area contributed by atoms with Gasteiger partial charge in [-0.15, -0.1) is 10.2 Å². The predicted molar refractivity (Wildman–Crippen MR) is 79.5 cm³/mol. The highest BCUT2D eigenvalue weighted by molar-refractivity contribution is 9.10. The van der Waals surface area contributed by atoms with Crippen molar-refractivity contribution >= 4 is 22.1 Å². The molecule has 2 rings (SSSR count). The Balaban J connectivity index is 2.30. The van der Waals surface area contributed by atoms with Crippen LogP contribution in [-0.2, 0) is 0 Å². The zero-order chi connectivity index (χ0) is 14.4. The van der Waals surface area contributed by atoms with E-state index in [9.17, 15) is 0 Å². The van der Waals surface area contributed by atoms with Crippen molar-refractivity contribution in [1.29, 1.82) is 0 Å². The van der Waals surface area contributed by atoms with Gasteiger partial charge in [0, 0.05) is 0 Å². The van der Waals surface area contributed by atoms with Crippen LogP contribution in [0.4, 0.5) is 0 Å². The Morgan fingerprint density at radius 1 is 1.20 bits per heavy atom. The monoisotopic (exact) mass is 338 g/mol. The molecule has 2 aromatic rings. The summed E-state index contributed by atoms with van der Waals surface area (Å²) >= 11 is 3.49. The van der Waals surface area contributed by atoms with E-state index >= 15 is 0 Å². The Hall–Kier alpha value is -1.89. The molecule has 6 nitrogen and oxygen atoms in total. The molecule has 0 unspecified atom stereocenters. The van der Waals surface area contributed by atoms with Gasteiger partial charge in [-0.05, 0) is 47.5 Å². The fraction of sp³-hybridized carbons (Fsp3) is 0.308. The molecule has 0 N–H and O–H groups in total. The van der Waals surface area contributed by atoms with Gasteiger partial charge in [0.25, 0.3) is 0 Å². The molecule has 0 radical (unpaired) electrons. The second-order valence-electron chi connectivity index (χ2n) is 3.78. The molecule has 20 heavy (non-hydrogen) atoms. The lowest BCUT2D eigenvalue weighted by Gasteiger charge is -2.13. The molecule has 1 aromatic carbocycles. The average molecular weight is 339 g/mol. The standard InChI is InChI=1S/C13H15BrN4O2/c1-3-19-12-6-10(5-11(14)13(12)20-4-2)7-17-18-8-15-16-9-18/h5-9H,3-4H2,1-2H3. The largest absolute Gasteiger partial charge is 0.490 e. The highest BCUT2D eigenvalue weighted by Gasteiger charge is 2.11. The van der Waals surface area contributed by atoms with Gasteiger partial charge >= 0.3 is 0 Å². The summed E-state index contributed by atoms with van der Waals surface area (Å²) in [5.74, 6) is 1.39. The van der Waals surface area contributed by atoms with Crippen molar-refractivity contribution in [3.05, 3.63) is 34.8 Å². The third-order valence-electron chi connectivity index (χ3n) is 2.37. The van der Waals surface area contributed by atoms with Gasteiger partial charge in [0.1, 0.15) is 12.7 Å². The van der Waals surface area contributed by atoms with Gasteiger partial charge in [0.05, 0.1) is 23.9 Å². The smallest absolute Gasteiger partial charge is 0.175 e. The number of hydrogen-bond donors (Lipinski definition) is 0. The number of aromatic nitrogens is 3. The number of benzene rings is 1. The molecule has 0 saturated carbocycles. The van der Waals surface area contributed by atoms with Gasteiger partial charge in [0.15, 0.2) is 11.5 Å². The van der Waals surface area contributed by atoms with Crippen LogP contribution in [0.3, 0.4) is 0 Å². The van der Waals surface area contributed by atoms with Crippen molar-refractivity contribution in [3.63, 3.8) is 0 Å². The first-order valence-corrected chi connectivity index (χ1v) is 7.02. The average Bonchev–Trinajstić information content (AvgIpc) is 2.94. The highest BCUT2D eigenvalue weighted by Crippen LogP contribution is 2.36. The normalized spacial score (nSPS) is 10.9. The van der Waals surface area contributed by atoms with Crippen molar-refractivity contribution in [2.24, 2.45) is 5.10 Å². The summed E-state index contributed by atoms with van der Waals surface area (Å²) < 4.78 is 13.5. The summed E-state index contributed by atoms with van der Waals surface area (Å²) in [7, 11) is 0. The van der Waals surface area contributed by atoms with E-state index in [1.165, 1.54) is 17.3 Å². The Labute approximate surface area is 125 Å². The molecule has 7 heteroatoms. The van der Waals surface area contributed by atoms with Gasteiger partial charge in [-0.2, -0.15) is 5.10 Å². The minimum absolute atomic E-state index is 0.568. The molecule has 0 saturated heterocycles. The third-order valence-corrected chi connectivity index (χ3v) is 2.96. The Morgan fingerprint density at radius 2 is 1.90 bits per heavy atom. The van der Waals surface area contributed by atoms with Crippen LogP contribution in [0.1, 0.15) is 19.4 Å². The molecule has 0 bridgehead atoms. The molecule has 0 spiro atoms. The Kier molecular flexibility index (Phi) is 5.11. The number of ether oxygens (including phenoxy) is 2. The molecule has 0 atom stereocenters. The van der Waals surface area contributed by atoms with E-state index in [1.54, 1.807) is 6.21 Å². The van der Waals surface area contributed by atoms with Gasteiger partial charge in [-0.3, -0.25) is 0 Å². The van der Waals surface area contributed by atoms with E-state index in [-0.39, 0.29) is 0 Å². The zero-order valence-corrected chi connectivity index (χ0v) is 12.9. The molecule has 0 aliphatic heterocycles. The van der Waals surface area contributed by atoms with Crippen LogP contribution in [-0.4, -0.2) is 34.3 Å². The molecular formula is C13H15BrN4O2. The van der Waals surface area contributed by atoms with E-state index in [2.05, 4.69) is 31.2 Å². The summed E-state index contributed by atoms with van der Waals surface area (Å²) in [6, 6.07) is 3.80. The van der Waals surface area contributed by atoms with Crippen molar-refractivity contribution in [2.75, 3.05) is 13.2 Å². The number of halogens is 1. The fourth-order valence-corrected chi connectivity index (χ4v) is 2.17. The lowest BCUT2D eigenvalue weighted by Crippen LogP contribution is -2.00. The minimum Gasteiger partial charge on any atom is -0.490 e. The first kappa shape index (κ1) is 14.5. The summed E-state index contributed by atoms with van der Waals surface area (Å²) in [5, 5.41) is 11.6. The molecule has 106 valence electrons. The second-order valence-corrected chi connectivity index (χ2v) is 4.64. The van der Waals surface area contributed by atoms with Gasteiger partial charge in [0.2, 0.25) is 0 Å². The Bertz CT molecular complexity index is 584. The molecule has 0 amide bonds. The van der Waals surface area contributed by atoms with E-state index in [0.29, 0.717) is 24.7 Å². The molecular weight excluding hydrogens is 324 g/mol. The molecule has 1 heterocycles. The van der Waals surface area contributed by atoms with E-state index in [1.807, 2.05) is 26.0 Å². The van der Waals surface area contributed by atoms with Crippen molar-refractivity contribution in [3.8, 4) is 11.5 Å². The lowest BCUT2D eigenvalue weighted by atomic mass is 10.2. The van der Waals surface area contributed by atoms with E-state index in [4.69, 9.17) is 9.47 Å². The molecule has 1 aromatic heterocycles. The molecule has 0 aliphatic carbocycles. The van der Waals surface area contributed by atoms with Gasteiger partial charge in [-0.1, -0.05) is 0 Å². The van der Waals surface area contributed by atoms with Crippen molar-refractivity contribution in [2.45, 2.75) is 13.8 Å². The van der Waals surface area contributed by atoms with Crippen LogP contribution in [0.5, 0.6) is 11.5 Å². The van der Waals surface area contributed by atoms with Crippen LogP contribution < -0.4 is 9.47 Å². The van der Waals surface area contributed by atoms with E-state index in [0.717, 1.165) is 10.0 Å². The molecule has 0 fully saturated rings. The van der Waals surface area contributed by atoms with Crippen LogP contribution in [0.15, 0.2) is 34.4 Å². The number of nitrogens with zero attached hydrogens (tertiary/aromatic N) is 4. The van der Waals surface area contributed by atoms with Crippen molar-refractivity contribution < 1.29 is 9.47 Å². The fourth-order valence-electron chi connectivity index (χ4n) is 1.60. The van der Waals surface area contributed by atoms with Crippen LogP contribution in [0, 0.1) is 0 Å². The topological polar surface area (TPSA) is 61.5 Å². The highest BCUT2D eigenvalue weighted by atomic mass is 79.9. The maximum Gasteiger partial charge on any atom is 0.175 e. The maximum atomic E-state index is 5.60. The van der Waals surface area contributed by atoms with Crippen LogP contribution >= 0.6 is 15.9 Å². The zero-order valence-electron chi connectivity index (χ0n) is 11.3. The Morgan fingerprint density at radius 3 is 2.55 bits per heavy atom. The predicted octanol–water partition coefficient (Wildman–Crippen LogP) is 2.72. The van der Waals surface area contributed by atoms with Gasteiger partial charge < -0.3 is 9.47 Å².